The molecule has 1 amide bonds. The molecule has 23 heavy (non-hydrogen) atoms. The van der Waals surface area contributed by atoms with Crippen LogP contribution in [0.2, 0.25) is 0 Å². The number of anilines is 1. The van der Waals surface area contributed by atoms with E-state index in [0.717, 1.165) is 12.0 Å². The van der Waals surface area contributed by atoms with Crippen molar-refractivity contribution in [2.24, 2.45) is 7.05 Å². The minimum atomic E-state index is -1.06. The number of phenolic OH excluding ortho intramolecular Hbond substituents is 1. The Kier molecular flexibility index (Phi) is 3.89. The van der Waals surface area contributed by atoms with Gasteiger partial charge in [-0.15, -0.1) is 0 Å². The molecule has 2 heterocycles. The van der Waals surface area contributed by atoms with E-state index in [1.807, 2.05) is 22.7 Å². The van der Waals surface area contributed by atoms with Gasteiger partial charge in [0.2, 0.25) is 5.95 Å². The lowest BCUT2D eigenvalue weighted by Gasteiger charge is -2.35. The van der Waals surface area contributed by atoms with Crippen LogP contribution in [0.4, 0.5) is 14.7 Å². The first-order chi connectivity index (χ1) is 11.0. The van der Waals surface area contributed by atoms with Crippen molar-refractivity contribution in [1.82, 2.24) is 14.5 Å². The molecule has 0 radical (unpaired) electrons. The zero-order valence-corrected chi connectivity index (χ0v) is 12.5. The van der Waals surface area contributed by atoms with Crippen molar-refractivity contribution in [3.63, 3.8) is 0 Å². The van der Waals surface area contributed by atoms with E-state index in [1.54, 1.807) is 6.20 Å². The minimum absolute atomic E-state index is 0.363. The van der Waals surface area contributed by atoms with E-state index in [1.165, 1.54) is 4.90 Å². The monoisotopic (exact) mass is 322 g/mol. The maximum absolute atomic E-state index is 13.8. The summed E-state index contributed by atoms with van der Waals surface area (Å²) in [4.78, 5) is 20.1. The fraction of sp³-hybridized carbons (Fsp3) is 0.333. The molecule has 1 saturated heterocycles. The molecule has 122 valence electrons. The maximum Gasteiger partial charge on any atom is 0.260 e. The summed E-state index contributed by atoms with van der Waals surface area (Å²) in [6.07, 6.45) is 3.53. The Morgan fingerprint density at radius 1 is 1.22 bits per heavy atom. The Morgan fingerprint density at radius 3 is 2.48 bits per heavy atom. The highest BCUT2D eigenvalue weighted by Crippen LogP contribution is 2.24. The van der Waals surface area contributed by atoms with Crippen LogP contribution in [0.5, 0.6) is 5.75 Å². The van der Waals surface area contributed by atoms with Gasteiger partial charge in [-0.3, -0.25) is 4.79 Å². The summed E-state index contributed by atoms with van der Waals surface area (Å²) in [5.74, 6) is -2.50. The summed E-state index contributed by atoms with van der Waals surface area (Å²) >= 11 is 0. The lowest BCUT2D eigenvalue weighted by Crippen LogP contribution is -2.49. The number of carbonyl (C=O) groups excluding carboxylic acids is 1. The van der Waals surface area contributed by atoms with Crippen LogP contribution in [0.1, 0.15) is 10.4 Å². The average Bonchev–Trinajstić information content (AvgIpc) is 2.92. The van der Waals surface area contributed by atoms with E-state index in [-0.39, 0.29) is 0 Å². The van der Waals surface area contributed by atoms with Crippen LogP contribution in [0.15, 0.2) is 24.5 Å². The van der Waals surface area contributed by atoms with Gasteiger partial charge in [0.1, 0.15) is 22.9 Å². The number of imidazole rings is 1. The zero-order chi connectivity index (χ0) is 16.6. The summed E-state index contributed by atoms with van der Waals surface area (Å²) in [5, 5.41) is 9.66. The molecule has 1 aliphatic heterocycles. The topological polar surface area (TPSA) is 61.6 Å². The Morgan fingerprint density at radius 2 is 1.91 bits per heavy atom. The summed E-state index contributed by atoms with van der Waals surface area (Å²) in [7, 11) is 1.88. The largest absolute Gasteiger partial charge is 0.507 e. The van der Waals surface area contributed by atoms with Crippen molar-refractivity contribution >= 4 is 11.9 Å². The molecule has 0 unspecified atom stereocenters. The second-order valence-electron chi connectivity index (χ2n) is 5.40. The number of halogens is 2. The number of rotatable bonds is 2. The van der Waals surface area contributed by atoms with Crippen LogP contribution in [0.3, 0.4) is 0 Å². The van der Waals surface area contributed by atoms with E-state index >= 15 is 0 Å². The SMILES string of the molecule is Cn1ccnc1N1CCN(C(=O)c2c(O)cc(F)cc2F)CC1. The molecule has 0 atom stereocenters. The third kappa shape index (κ3) is 2.84. The molecule has 0 spiro atoms. The second kappa shape index (κ2) is 5.86. The Hall–Kier alpha value is -2.64. The predicted molar refractivity (Wildman–Crippen MR) is 79.3 cm³/mol. The first-order valence-corrected chi connectivity index (χ1v) is 7.17. The summed E-state index contributed by atoms with van der Waals surface area (Å²) in [6, 6.07) is 1.33. The molecule has 6 nitrogen and oxygen atoms in total. The predicted octanol–water partition coefficient (Wildman–Crippen LogP) is 1.37. The van der Waals surface area contributed by atoms with Crippen molar-refractivity contribution in [2.75, 3.05) is 31.1 Å². The highest BCUT2D eigenvalue weighted by molar-refractivity contribution is 5.97. The molecule has 0 saturated carbocycles. The van der Waals surface area contributed by atoms with Crippen LogP contribution >= 0.6 is 0 Å². The average molecular weight is 322 g/mol. The summed E-state index contributed by atoms with van der Waals surface area (Å²) < 4.78 is 28.7. The normalized spacial score (nSPS) is 15.1. The van der Waals surface area contributed by atoms with Gasteiger partial charge >= 0.3 is 0 Å². The lowest BCUT2D eigenvalue weighted by atomic mass is 10.1. The molecule has 1 aliphatic rings. The van der Waals surface area contributed by atoms with Gasteiger partial charge in [0.05, 0.1) is 0 Å². The van der Waals surface area contributed by atoms with Gasteiger partial charge in [-0.1, -0.05) is 0 Å². The number of piperazine rings is 1. The smallest absolute Gasteiger partial charge is 0.260 e. The van der Waals surface area contributed by atoms with Crippen molar-refractivity contribution in [1.29, 1.82) is 0 Å². The van der Waals surface area contributed by atoms with Crippen LogP contribution in [-0.2, 0) is 7.05 Å². The Labute approximate surface area is 131 Å². The van der Waals surface area contributed by atoms with Gasteiger partial charge in [-0.05, 0) is 0 Å². The summed E-state index contributed by atoms with van der Waals surface area (Å²) in [5.41, 5.74) is -0.489. The number of hydrogen-bond acceptors (Lipinski definition) is 4. The van der Waals surface area contributed by atoms with Crippen molar-refractivity contribution in [2.45, 2.75) is 0 Å². The van der Waals surface area contributed by atoms with Gasteiger partial charge in [-0.25, -0.2) is 13.8 Å². The van der Waals surface area contributed by atoms with Gasteiger partial charge in [-0.2, -0.15) is 0 Å². The number of aromatic nitrogens is 2. The maximum atomic E-state index is 13.8. The number of carbonyl (C=O) groups is 1. The van der Waals surface area contributed by atoms with Crippen LogP contribution in [0, 0.1) is 11.6 Å². The number of amides is 1. The first-order valence-electron chi connectivity index (χ1n) is 7.17. The number of aryl methyl sites for hydroxylation is 1. The van der Waals surface area contributed by atoms with Crippen LogP contribution in [-0.4, -0.2) is 51.6 Å². The van der Waals surface area contributed by atoms with Crippen molar-refractivity contribution in [3.05, 3.63) is 41.7 Å². The third-order valence-electron chi connectivity index (χ3n) is 3.89. The number of aromatic hydroxyl groups is 1. The molecule has 3 rings (SSSR count). The Balaban J connectivity index is 1.73. The van der Waals surface area contributed by atoms with E-state index < -0.39 is 28.9 Å². The fourth-order valence-electron chi connectivity index (χ4n) is 2.70. The quantitative estimate of drug-likeness (QED) is 0.907. The molecule has 0 bridgehead atoms. The van der Waals surface area contributed by atoms with Gasteiger partial charge < -0.3 is 19.5 Å². The number of phenols is 1. The molecule has 1 aromatic heterocycles. The molecule has 1 fully saturated rings. The second-order valence-corrected chi connectivity index (χ2v) is 5.40. The molecule has 1 N–H and O–H groups in total. The van der Waals surface area contributed by atoms with Gasteiger partial charge in [0.25, 0.3) is 5.91 Å². The van der Waals surface area contributed by atoms with Crippen molar-refractivity contribution in [3.8, 4) is 5.75 Å². The standard InChI is InChI=1S/C15H16F2N4O2/c1-19-3-2-18-15(19)21-6-4-20(5-7-21)14(23)13-11(17)8-10(16)9-12(13)22/h2-3,8-9,22H,4-7H2,1H3. The molecule has 2 aromatic rings. The number of benzene rings is 1. The number of nitrogens with zero attached hydrogens (tertiary/aromatic N) is 4. The Bertz CT molecular complexity index is 716. The molecular formula is C15H16F2N4O2. The minimum Gasteiger partial charge on any atom is -0.507 e. The van der Waals surface area contributed by atoms with Gasteiger partial charge in [0, 0.05) is 57.8 Å². The van der Waals surface area contributed by atoms with E-state index in [9.17, 15) is 18.7 Å². The van der Waals surface area contributed by atoms with E-state index in [0.29, 0.717) is 32.2 Å². The van der Waals surface area contributed by atoms with E-state index in [4.69, 9.17) is 0 Å². The fourth-order valence-corrected chi connectivity index (χ4v) is 2.70. The lowest BCUT2D eigenvalue weighted by molar-refractivity contribution is 0.0738. The first kappa shape index (κ1) is 15.3. The van der Waals surface area contributed by atoms with E-state index in [2.05, 4.69) is 4.98 Å². The van der Waals surface area contributed by atoms with Gasteiger partial charge in [0.15, 0.2) is 0 Å². The van der Waals surface area contributed by atoms with Crippen LogP contribution in [0.25, 0.3) is 0 Å². The van der Waals surface area contributed by atoms with Crippen LogP contribution < -0.4 is 4.90 Å². The molecule has 8 heteroatoms. The highest BCUT2D eigenvalue weighted by atomic mass is 19.1. The molecular weight excluding hydrogens is 306 g/mol. The number of hydrogen-bond donors (Lipinski definition) is 1. The highest BCUT2D eigenvalue weighted by Gasteiger charge is 2.27. The summed E-state index contributed by atoms with van der Waals surface area (Å²) in [6.45, 7) is 1.81. The zero-order valence-electron chi connectivity index (χ0n) is 12.5. The van der Waals surface area contributed by atoms with Crippen molar-refractivity contribution < 1.29 is 18.7 Å². The molecule has 0 aliphatic carbocycles. The third-order valence-corrected chi connectivity index (χ3v) is 3.89. The molecule has 1 aromatic carbocycles.